The minimum Gasteiger partial charge on any atom is -0.359 e. The largest absolute Gasteiger partial charge is 0.359 e. The van der Waals surface area contributed by atoms with Gasteiger partial charge < -0.3 is 5.32 Å². The van der Waals surface area contributed by atoms with E-state index in [0.717, 1.165) is 23.1 Å². The van der Waals surface area contributed by atoms with Gasteiger partial charge in [0.15, 0.2) is 5.82 Å². The Kier molecular flexibility index (Phi) is 3.58. The van der Waals surface area contributed by atoms with Crippen molar-refractivity contribution < 1.29 is 0 Å². The fraction of sp³-hybridized carbons (Fsp3) is 0.467. The summed E-state index contributed by atoms with van der Waals surface area (Å²) in [6.07, 6.45) is 0. The Hall–Kier alpha value is -1.50. The van der Waals surface area contributed by atoms with Crippen LogP contribution < -0.4 is 5.32 Å². The Morgan fingerprint density at radius 1 is 1.14 bits per heavy atom. The molecule has 0 radical (unpaired) electrons. The molecule has 3 fully saturated rings. The van der Waals surface area contributed by atoms with E-state index in [1.807, 2.05) is 30.3 Å². The van der Waals surface area contributed by atoms with Gasteiger partial charge in [0.1, 0.15) is 0 Å². The summed E-state index contributed by atoms with van der Waals surface area (Å²) < 4.78 is 4.44. The SMILES string of the molecule is c1ccc(-c2nsc(NCC3CN4CCN3CC4)n2)cc1. The molecule has 3 aliphatic heterocycles. The highest BCUT2D eigenvalue weighted by Gasteiger charge is 2.31. The van der Waals surface area contributed by atoms with Crippen LogP contribution in [0.5, 0.6) is 0 Å². The molecule has 0 spiro atoms. The summed E-state index contributed by atoms with van der Waals surface area (Å²) in [7, 11) is 0. The van der Waals surface area contributed by atoms with Crippen LogP contribution in [0.25, 0.3) is 11.4 Å². The summed E-state index contributed by atoms with van der Waals surface area (Å²) in [6.45, 7) is 7.01. The molecule has 0 saturated carbocycles. The number of hydrogen-bond donors (Lipinski definition) is 1. The summed E-state index contributed by atoms with van der Waals surface area (Å²) in [4.78, 5) is 9.74. The zero-order chi connectivity index (χ0) is 14.1. The van der Waals surface area contributed by atoms with Gasteiger partial charge in [-0.2, -0.15) is 9.36 Å². The smallest absolute Gasteiger partial charge is 0.202 e. The first-order valence-corrected chi connectivity index (χ1v) is 8.25. The molecule has 3 saturated heterocycles. The number of nitrogens with zero attached hydrogens (tertiary/aromatic N) is 4. The third-order valence-electron chi connectivity index (χ3n) is 4.34. The lowest BCUT2D eigenvalue weighted by atomic mass is 10.1. The highest BCUT2D eigenvalue weighted by atomic mass is 32.1. The Morgan fingerprint density at radius 2 is 1.95 bits per heavy atom. The number of benzene rings is 1. The lowest BCUT2D eigenvalue weighted by molar-refractivity contribution is 0.0189. The highest BCUT2D eigenvalue weighted by molar-refractivity contribution is 7.09. The molecule has 3 aliphatic rings. The first-order valence-electron chi connectivity index (χ1n) is 7.48. The van der Waals surface area contributed by atoms with Crippen molar-refractivity contribution in [2.24, 2.45) is 0 Å². The van der Waals surface area contributed by atoms with Gasteiger partial charge in [-0.25, -0.2) is 0 Å². The van der Waals surface area contributed by atoms with E-state index in [2.05, 4.69) is 24.5 Å². The minimum atomic E-state index is 0.608. The number of nitrogens with one attached hydrogen (secondary N) is 1. The van der Waals surface area contributed by atoms with E-state index in [1.165, 1.54) is 44.3 Å². The van der Waals surface area contributed by atoms with Gasteiger partial charge in [-0.15, -0.1) is 0 Å². The van der Waals surface area contributed by atoms with Crippen LogP contribution in [0.2, 0.25) is 0 Å². The van der Waals surface area contributed by atoms with Crippen LogP contribution >= 0.6 is 11.5 Å². The number of aromatic nitrogens is 2. The van der Waals surface area contributed by atoms with Crippen molar-refractivity contribution in [3.8, 4) is 11.4 Å². The molecule has 4 heterocycles. The molecular weight excluding hydrogens is 282 g/mol. The summed E-state index contributed by atoms with van der Waals surface area (Å²) in [6, 6.07) is 10.7. The van der Waals surface area contributed by atoms with Crippen LogP contribution in [-0.4, -0.2) is 64.5 Å². The van der Waals surface area contributed by atoms with Crippen LogP contribution in [0.15, 0.2) is 30.3 Å². The van der Waals surface area contributed by atoms with Gasteiger partial charge in [-0.1, -0.05) is 30.3 Å². The third-order valence-corrected chi connectivity index (χ3v) is 5.01. The van der Waals surface area contributed by atoms with Crippen molar-refractivity contribution in [1.82, 2.24) is 19.2 Å². The molecule has 2 bridgehead atoms. The van der Waals surface area contributed by atoms with Gasteiger partial charge >= 0.3 is 0 Å². The van der Waals surface area contributed by atoms with E-state index in [0.29, 0.717) is 6.04 Å². The van der Waals surface area contributed by atoms with Crippen LogP contribution in [0, 0.1) is 0 Å². The average molecular weight is 301 g/mol. The van der Waals surface area contributed by atoms with Crippen molar-refractivity contribution in [3.05, 3.63) is 30.3 Å². The molecule has 1 unspecified atom stereocenters. The monoisotopic (exact) mass is 301 g/mol. The Labute approximate surface area is 128 Å². The molecule has 2 aromatic rings. The molecule has 5 nitrogen and oxygen atoms in total. The van der Waals surface area contributed by atoms with Crippen LogP contribution in [0.4, 0.5) is 5.13 Å². The standard InChI is InChI=1S/C15H19N5S/c1-2-4-12(5-3-1)14-17-15(21-18-14)16-10-13-11-19-6-8-20(13)9-7-19/h1-5,13H,6-11H2,(H,16,17,18). The summed E-state index contributed by atoms with van der Waals surface area (Å²) in [5.41, 5.74) is 1.08. The molecule has 110 valence electrons. The predicted molar refractivity (Wildman–Crippen MR) is 85.6 cm³/mol. The van der Waals surface area contributed by atoms with E-state index in [4.69, 9.17) is 0 Å². The predicted octanol–water partition coefficient (Wildman–Crippen LogP) is 1.62. The zero-order valence-corrected chi connectivity index (χ0v) is 12.7. The number of anilines is 1. The molecule has 6 heteroatoms. The average Bonchev–Trinajstić information content (AvgIpc) is 3.04. The number of hydrogen-bond acceptors (Lipinski definition) is 6. The maximum absolute atomic E-state index is 4.59. The molecular formula is C15H19N5S. The van der Waals surface area contributed by atoms with Gasteiger partial charge in [-0.3, -0.25) is 9.80 Å². The van der Waals surface area contributed by atoms with Crippen LogP contribution in [-0.2, 0) is 0 Å². The quantitative estimate of drug-likeness (QED) is 0.929. The maximum atomic E-state index is 4.59. The molecule has 5 rings (SSSR count). The number of rotatable bonds is 4. The van der Waals surface area contributed by atoms with Crippen molar-refractivity contribution in [1.29, 1.82) is 0 Å². The van der Waals surface area contributed by atoms with Gasteiger partial charge in [-0.05, 0) is 0 Å². The van der Waals surface area contributed by atoms with Gasteiger partial charge in [0.25, 0.3) is 0 Å². The normalized spacial score (nSPS) is 27.7. The molecule has 0 amide bonds. The first kappa shape index (κ1) is 13.2. The maximum Gasteiger partial charge on any atom is 0.202 e. The second-order valence-corrected chi connectivity index (χ2v) is 6.41. The fourth-order valence-corrected chi connectivity index (χ4v) is 3.72. The molecule has 1 aromatic heterocycles. The van der Waals surface area contributed by atoms with Crippen molar-refractivity contribution in [3.63, 3.8) is 0 Å². The van der Waals surface area contributed by atoms with E-state index in [9.17, 15) is 0 Å². The lowest BCUT2D eigenvalue weighted by Gasteiger charge is -2.47. The zero-order valence-electron chi connectivity index (χ0n) is 11.9. The van der Waals surface area contributed by atoms with Crippen molar-refractivity contribution in [2.75, 3.05) is 44.6 Å². The summed E-state index contributed by atoms with van der Waals surface area (Å²) in [5.74, 6) is 0.817. The molecule has 1 aromatic carbocycles. The second-order valence-electron chi connectivity index (χ2n) is 5.66. The van der Waals surface area contributed by atoms with Gasteiger partial charge in [0.05, 0.1) is 0 Å². The van der Waals surface area contributed by atoms with Gasteiger partial charge in [0, 0.05) is 62.4 Å². The topological polar surface area (TPSA) is 44.3 Å². The van der Waals surface area contributed by atoms with Crippen molar-refractivity contribution >= 4 is 16.7 Å². The van der Waals surface area contributed by atoms with Crippen LogP contribution in [0.3, 0.4) is 0 Å². The van der Waals surface area contributed by atoms with E-state index >= 15 is 0 Å². The summed E-state index contributed by atoms with van der Waals surface area (Å²) >= 11 is 1.45. The molecule has 1 N–H and O–H groups in total. The number of piperazine rings is 3. The van der Waals surface area contributed by atoms with E-state index < -0.39 is 0 Å². The second kappa shape index (κ2) is 5.71. The molecule has 1 atom stereocenters. The Balaban J connectivity index is 1.39. The first-order chi connectivity index (χ1) is 10.4. The molecule has 21 heavy (non-hydrogen) atoms. The summed E-state index contributed by atoms with van der Waals surface area (Å²) in [5, 5.41) is 4.39. The Morgan fingerprint density at radius 3 is 2.67 bits per heavy atom. The molecule has 0 aliphatic carbocycles. The van der Waals surface area contributed by atoms with Gasteiger partial charge in [0.2, 0.25) is 5.13 Å². The van der Waals surface area contributed by atoms with E-state index in [1.54, 1.807) is 0 Å². The van der Waals surface area contributed by atoms with E-state index in [-0.39, 0.29) is 0 Å². The number of fused-ring (bicyclic) bond motifs is 3. The third kappa shape index (κ3) is 2.79. The lowest BCUT2D eigenvalue weighted by Crippen LogP contribution is -2.62. The van der Waals surface area contributed by atoms with Crippen LogP contribution in [0.1, 0.15) is 0 Å². The highest BCUT2D eigenvalue weighted by Crippen LogP contribution is 2.21. The Bertz CT molecular complexity index is 591. The minimum absolute atomic E-state index is 0.608. The van der Waals surface area contributed by atoms with Crippen molar-refractivity contribution in [2.45, 2.75) is 6.04 Å². The fourth-order valence-electron chi connectivity index (χ4n) is 3.12.